The van der Waals surface area contributed by atoms with E-state index in [-0.39, 0.29) is 0 Å². The standard InChI is InChI=1S/C17H21N5/c1-11-12(2)20-17-14(11)16(19-10-6-9-18)21-15(22-17)13-7-4-3-5-8-13/h3-5,7-8H,6,9-10,18H2,1-2H3,(H2,19,20,21,22). The van der Waals surface area contributed by atoms with Gasteiger partial charge in [0.1, 0.15) is 11.5 Å². The van der Waals surface area contributed by atoms with Crippen LogP contribution < -0.4 is 11.1 Å². The topological polar surface area (TPSA) is 79.6 Å². The van der Waals surface area contributed by atoms with Crippen LogP contribution in [0.15, 0.2) is 30.3 Å². The third-order valence-corrected chi connectivity index (χ3v) is 3.86. The molecule has 0 spiro atoms. The molecule has 0 atom stereocenters. The molecule has 4 N–H and O–H groups in total. The Balaban J connectivity index is 2.12. The zero-order chi connectivity index (χ0) is 15.5. The van der Waals surface area contributed by atoms with Crippen LogP contribution in [0.25, 0.3) is 22.4 Å². The maximum atomic E-state index is 5.58. The fourth-order valence-electron chi connectivity index (χ4n) is 2.52. The second-order valence-corrected chi connectivity index (χ2v) is 5.43. The Morgan fingerprint density at radius 2 is 1.91 bits per heavy atom. The first-order chi connectivity index (χ1) is 10.7. The predicted molar refractivity (Wildman–Crippen MR) is 91.0 cm³/mol. The molecule has 114 valence electrons. The van der Waals surface area contributed by atoms with E-state index in [1.165, 1.54) is 5.56 Å². The molecule has 0 bridgehead atoms. The Hall–Kier alpha value is -2.40. The van der Waals surface area contributed by atoms with Crippen LogP contribution in [0.2, 0.25) is 0 Å². The molecule has 0 radical (unpaired) electrons. The number of nitrogens with one attached hydrogen (secondary N) is 2. The van der Waals surface area contributed by atoms with Crippen LogP contribution in [0, 0.1) is 13.8 Å². The van der Waals surface area contributed by atoms with Crippen molar-refractivity contribution in [1.82, 2.24) is 15.0 Å². The van der Waals surface area contributed by atoms with E-state index in [1.54, 1.807) is 0 Å². The maximum Gasteiger partial charge on any atom is 0.163 e. The summed E-state index contributed by atoms with van der Waals surface area (Å²) in [7, 11) is 0. The van der Waals surface area contributed by atoms with Gasteiger partial charge in [0.25, 0.3) is 0 Å². The van der Waals surface area contributed by atoms with Crippen molar-refractivity contribution in [3.8, 4) is 11.4 Å². The second-order valence-electron chi connectivity index (χ2n) is 5.43. The molecule has 0 aliphatic rings. The number of nitrogens with zero attached hydrogens (tertiary/aromatic N) is 2. The minimum atomic E-state index is 0.665. The van der Waals surface area contributed by atoms with Crippen LogP contribution in [0.1, 0.15) is 17.7 Å². The lowest BCUT2D eigenvalue weighted by molar-refractivity contribution is 0.871. The van der Waals surface area contributed by atoms with Gasteiger partial charge in [-0.25, -0.2) is 9.97 Å². The molecule has 3 rings (SSSR count). The quantitative estimate of drug-likeness (QED) is 0.632. The number of nitrogens with two attached hydrogens (primary N) is 1. The average molecular weight is 295 g/mol. The van der Waals surface area contributed by atoms with E-state index in [2.05, 4.69) is 29.1 Å². The molecular weight excluding hydrogens is 274 g/mol. The summed E-state index contributed by atoms with van der Waals surface area (Å²) in [6.45, 7) is 5.62. The van der Waals surface area contributed by atoms with Gasteiger partial charge in [-0.05, 0) is 32.4 Å². The number of hydrogen-bond acceptors (Lipinski definition) is 4. The Labute approximate surface area is 130 Å². The van der Waals surface area contributed by atoms with Crippen molar-refractivity contribution in [3.05, 3.63) is 41.6 Å². The zero-order valence-corrected chi connectivity index (χ0v) is 13.0. The summed E-state index contributed by atoms with van der Waals surface area (Å²) in [6.07, 6.45) is 0.911. The van der Waals surface area contributed by atoms with E-state index in [0.29, 0.717) is 6.54 Å². The van der Waals surface area contributed by atoms with Gasteiger partial charge in [0.05, 0.1) is 5.39 Å². The third-order valence-electron chi connectivity index (χ3n) is 3.86. The second kappa shape index (κ2) is 6.15. The van der Waals surface area contributed by atoms with E-state index in [9.17, 15) is 0 Å². The zero-order valence-electron chi connectivity index (χ0n) is 13.0. The first-order valence-corrected chi connectivity index (χ1v) is 7.57. The van der Waals surface area contributed by atoms with Crippen LogP contribution >= 0.6 is 0 Å². The molecular formula is C17H21N5. The molecule has 0 fully saturated rings. The third kappa shape index (κ3) is 2.67. The molecule has 0 saturated heterocycles. The highest BCUT2D eigenvalue weighted by Crippen LogP contribution is 2.29. The molecule has 5 nitrogen and oxygen atoms in total. The molecule has 0 aliphatic carbocycles. The van der Waals surface area contributed by atoms with Gasteiger partial charge in [0, 0.05) is 17.8 Å². The molecule has 2 heterocycles. The summed E-state index contributed by atoms with van der Waals surface area (Å²) in [5.41, 5.74) is 9.77. The van der Waals surface area contributed by atoms with Crippen molar-refractivity contribution in [2.24, 2.45) is 5.73 Å². The summed E-state index contributed by atoms with van der Waals surface area (Å²) in [5, 5.41) is 4.47. The first kappa shape index (κ1) is 14.5. The monoisotopic (exact) mass is 295 g/mol. The van der Waals surface area contributed by atoms with Gasteiger partial charge >= 0.3 is 0 Å². The summed E-state index contributed by atoms with van der Waals surface area (Å²) in [6, 6.07) is 10.0. The number of benzene rings is 1. The molecule has 2 aromatic heterocycles. The Morgan fingerprint density at radius 3 is 2.64 bits per heavy atom. The van der Waals surface area contributed by atoms with E-state index in [4.69, 9.17) is 10.7 Å². The van der Waals surface area contributed by atoms with Crippen molar-refractivity contribution < 1.29 is 0 Å². The number of aromatic amines is 1. The fourth-order valence-corrected chi connectivity index (χ4v) is 2.52. The number of aromatic nitrogens is 3. The van der Waals surface area contributed by atoms with Crippen molar-refractivity contribution in [3.63, 3.8) is 0 Å². The molecule has 3 aromatic rings. The van der Waals surface area contributed by atoms with E-state index in [1.807, 2.05) is 30.3 Å². The number of fused-ring (bicyclic) bond motifs is 1. The average Bonchev–Trinajstić information content (AvgIpc) is 2.83. The molecule has 0 amide bonds. The van der Waals surface area contributed by atoms with Gasteiger partial charge < -0.3 is 16.0 Å². The lowest BCUT2D eigenvalue weighted by Crippen LogP contribution is -2.10. The van der Waals surface area contributed by atoms with Gasteiger partial charge in [-0.2, -0.15) is 0 Å². The van der Waals surface area contributed by atoms with Crippen LogP contribution in [0.5, 0.6) is 0 Å². The molecule has 0 saturated carbocycles. The lowest BCUT2D eigenvalue weighted by Gasteiger charge is -2.09. The van der Waals surface area contributed by atoms with Gasteiger partial charge in [-0.15, -0.1) is 0 Å². The van der Waals surface area contributed by atoms with Gasteiger partial charge in [-0.1, -0.05) is 30.3 Å². The molecule has 1 aromatic carbocycles. The fraction of sp³-hybridized carbons (Fsp3) is 0.294. The highest BCUT2D eigenvalue weighted by molar-refractivity contribution is 5.92. The number of hydrogen-bond donors (Lipinski definition) is 3. The van der Waals surface area contributed by atoms with Crippen LogP contribution in [0.3, 0.4) is 0 Å². The molecule has 0 unspecified atom stereocenters. The Morgan fingerprint density at radius 1 is 1.14 bits per heavy atom. The van der Waals surface area contributed by atoms with E-state index < -0.39 is 0 Å². The smallest absolute Gasteiger partial charge is 0.163 e. The minimum absolute atomic E-state index is 0.665. The molecule has 5 heteroatoms. The normalized spacial score (nSPS) is 11.0. The molecule has 0 aliphatic heterocycles. The predicted octanol–water partition coefficient (Wildman–Crippen LogP) is 3.00. The summed E-state index contributed by atoms with van der Waals surface area (Å²) < 4.78 is 0. The van der Waals surface area contributed by atoms with Crippen LogP contribution in [-0.4, -0.2) is 28.0 Å². The van der Waals surface area contributed by atoms with E-state index >= 15 is 0 Å². The number of H-pyrrole nitrogens is 1. The summed E-state index contributed by atoms with van der Waals surface area (Å²) in [4.78, 5) is 12.8. The highest BCUT2D eigenvalue weighted by Gasteiger charge is 2.14. The van der Waals surface area contributed by atoms with Crippen molar-refractivity contribution >= 4 is 16.9 Å². The SMILES string of the molecule is Cc1[nH]c2nc(-c3ccccc3)nc(NCCCN)c2c1C. The van der Waals surface area contributed by atoms with Gasteiger partial charge in [-0.3, -0.25) is 0 Å². The summed E-state index contributed by atoms with van der Waals surface area (Å²) in [5.74, 6) is 1.60. The van der Waals surface area contributed by atoms with Crippen molar-refractivity contribution in [2.75, 3.05) is 18.4 Å². The van der Waals surface area contributed by atoms with Crippen LogP contribution in [-0.2, 0) is 0 Å². The van der Waals surface area contributed by atoms with Crippen molar-refractivity contribution in [1.29, 1.82) is 0 Å². The largest absolute Gasteiger partial charge is 0.369 e. The van der Waals surface area contributed by atoms with Gasteiger partial charge in [0.15, 0.2) is 5.82 Å². The van der Waals surface area contributed by atoms with Gasteiger partial charge in [0.2, 0.25) is 0 Å². The maximum absolute atomic E-state index is 5.58. The Bertz CT molecular complexity index is 777. The minimum Gasteiger partial charge on any atom is -0.369 e. The van der Waals surface area contributed by atoms with Crippen molar-refractivity contribution in [2.45, 2.75) is 20.3 Å². The summed E-state index contributed by atoms with van der Waals surface area (Å²) >= 11 is 0. The molecule has 22 heavy (non-hydrogen) atoms. The van der Waals surface area contributed by atoms with Crippen LogP contribution in [0.4, 0.5) is 5.82 Å². The number of rotatable bonds is 5. The Kier molecular flexibility index (Phi) is 4.06. The van der Waals surface area contributed by atoms with E-state index in [0.717, 1.165) is 46.9 Å². The lowest BCUT2D eigenvalue weighted by atomic mass is 10.2. The first-order valence-electron chi connectivity index (χ1n) is 7.57. The number of aryl methyl sites for hydroxylation is 2. The highest BCUT2D eigenvalue weighted by atomic mass is 15.1. The number of anilines is 1.